The molecular weight excluding hydrogens is 188 g/mol. The van der Waals surface area contributed by atoms with Gasteiger partial charge in [0.15, 0.2) is 6.10 Å². The van der Waals surface area contributed by atoms with Crippen molar-refractivity contribution in [3.8, 4) is 0 Å². The number of carbonyl (C=O) groups is 2. The van der Waals surface area contributed by atoms with Gasteiger partial charge in [0.25, 0.3) is 0 Å². The molecule has 0 aromatic carbocycles. The van der Waals surface area contributed by atoms with Crippen LogP contribution in [0.3, 0.4) is 0 Å². The van der Waals surface area contributed by atoms with Gasteiger partial charge in [-0.2, -0.15) is 0 Å². The van der Waals surface area contributed by atoms with Crippen LogP contribution in [-0.2, 0) is 14.3 Å². The van der Waals surface area contributed by atoms with Gasteiger partial charge in [-0.05, 0) is 13.8 Å². The van der Waals surface area contributed by atoms with Gasteiger partial charge in [0.2, 0.25) is 0 Å². The molecule has 5 nitrogen and oxygen atoms in total. The van der Waals surface area contributed by atoms with Crippen LogP contribution in [0.25, 0.3) is 0 Å². The highest BCUT2D eigenvalue weighted by Gasteiger charge is 2.32. The van der Waals surface area contributed by atoms with Gasteiger partial charge < -0.3 is 14.9 Å². The van der Waals surface area contributed by atoms with E-state index < -0.39 is 24.0 Å². The molecule has 5 heteroatoms. The number of allylic oxidation sites excluding steroid dienone is 1. The summed E-state index contributed by atoms with van der Waals surface area (Å²) in [7, 11) is 0. The maximum atomic E-state index is 10.7. The maximum absolute atomic E-state index is 10.7. The fourth-order valence-corrected chi connectivity index (χ4v) is 1.03. The van der Waals surface area contributed by atoms with E-state index in [9.17, 15) is 9.59 Å². The van der Waals surface area contributed by atoms with Crippen molar-refractivity contribution in [1.29, 1.82) is 0 Å². The third-order valence-corrected chi connectivity index (χ3v) is 1.60. The molecule has 0 saturated heterocycles. The van der Waals surface area contributed by atoms with Crippen molar-refractivity contribution >= 4 is 11.9 Å². The molecule has 0 rings (SSSR count). The average molecular weight is 202 g/mol. The molecule has 0 amide bonds. The molecule has 0 aromatic rings. The Morgan fingerprint density at radius 2 is 1.93 bits per heavy atom. The van der Waals surface area contributed by atoms with Crippen LogP contribution in [0.5, 0.6) is 0 Å². The first-order chi connectivity index (χ1) is 6.54. The standard InChI is InChI=1S/C9H14O5/c1-3-5-6(8(10)11)7(9(12)13)14-4-2/h3,5-7H,4H2,1-2H3,(H,10,11)(H,12,13)/t6-,7+/m1/s1. The van der Waals surface area contributed by atoms with Crippen LogP contribution in [0.15, 0.2) is 12.2 Å². The van der Waals surface area contributed by atoms with Crippen LogP contribution in [0, 0.1) is 5.92 Å². The molecule has 2 N–H and O–H groups in total. The lowest BCUT2D eigenvalue weighted by Crippen LogP contribution is -2.36. The molecule has 0 saturated carbocycles. The summed E-state index contributed by atoms with van der Waals surface area (Å²) in [6, 6.07) is 0. The summed E-state index contributed by atoms with van der Waals surface area (Å²) in [5, 5.41) is 17.5. The van der Waals surface area contributed by atoms with Crippen LogP contribution in [-0.4, -0.2) is 34.9 Å². The van der Waals surface area contributed by atoms with E-state index in [0.717, 1.165) is 0 Å². The number of rotatable bonds is 6. The van der Waals surface area contributed by atoms with Gasteiger partial charge >= 0.3 is 11.9 Å². The molecule has 0 fully saturated rings. The first kappa shape index (κ1) is 12.6. The van der Waals surface area contributed by atoms with Crippen molar-refractivity contribution in [2.45, 2.75) is 20.0 Å². The summed E-state index contributed by atoms with van der Waals surface area (Å²) in [5.41, 5.74) is 0. The van der Waals surface area contributed by atoms with Crippen molar-refractivity contribution in [3.05, 3.63) is 12.2 Å². The van der Waals surface area contributed by atoms with E-state index in [4.69, 9.17) is 14.9 Å². The van der Waals surface area contributed by atoms with E-state index in [1.165, 1.54) is 12.2 Å². The number of carboxylic acid groups (broad SMARTS) is 2. The Morgan fingerprint density at radius 1 is 1.36 bits per heavy atom. The second-order valence-corrected chi connectivity index (χ2v) is 2.60. The van der Waals surface area contributed by atoms with E-state index in [0.29, 0.717) is 0 Å². The van der Waals surface area contributed by atoms with E-state index in [1.807, 2.05) is 0 Å². The third kappa shape index (κ3) is 3.57. The minimum absolute atomic E-state index is 0.165. The number of aliphatic carboxylic acids is 2. The fraction of sp³-hybridized carbons (Fsp3) is 0.556. The summed E-state index contributed by atoms with van der Waals surface area (Å²) in [4.78, 5) is 21.4. The predicted molar refractivity (Wildman–Crippen MR) is 49.0 cm³/mol. The normalized spacial score (nSPS) is 15.3. The molecule has 0 aromatic heterocycles. The van der Waals surface area contributed by atoms with E-state index in [1.54, 1.807) is 13.8 Å². The largest absolute Gasteiger partial charge is 0.481 e. The molecule has 80 valence electrons. The van der Waals surface area contributed by atoms with Gasteiger partial charge in [-0.3, -0.25) is 4.79 Å². The Kier molecular flexibility index (Phi) is 5.55. The molecule has 0 aliphatic heterocycles. The van der Waals surface area contributed by atoms with Crippen molar-refractivity contribution in [1.82, 2.24) is 0 Å². The number of carboxylic acids is 2. The highest BCUT2D eigenvalue weighted by Crippen LogP contribution is 2.11. The first-order valence-electron chi connectivity index (χ1n) is 4.24. The summed E-state index contributed by atoms with van der Waals surface area (Å²) < 4.78 is 4.85. The lowest BCUT2D eigenvalue weighted by Gasteiger charge is -2.16. The Balaban J connectivity index is 4.72. The lowest BCUT2D eigenvalue weighted by atomic mass is 10.0. The molecule has 0 radical (unpaired) electrons. The zero-order valence-corrected chi connectivity index (χ0v) is 8.14. The Labute approximate surface area is 82.0 Å². The number of ether oxygens (including phenoxy) is 1. The topological polar surface area (TPSA) is 83.8 Å². The third-order valence-electron chi connectivity index (χ3n) is 1.60. The second-order valence-electron chi connectivity index (χ2n) is 2.60. The lowest BCUT2D eigenvalue weighted by molar-refractivity contribution is -0.161. The van der Waals surface area contributed by atoms with E-state index >= 15 is 0 Å². The average Bonchev–Trinajstić information content (AvgIpc) is 2.10. The Bertz CT molecular complexity index is 233. The second kappa shape index (κ2) is 6.15. The van der Waals surface area contributed by atoms with Crippen LogP contribution in [0.4, 0.5) is 0 Å². The van der Waals surface area contributed by atoms with Crippen LogP contribution >= 0.6 is 0 Å². The quantitative estimate of drug-likeness (QED) is 0.621. The summed E-state index contributed by atoms with van der Waals surface area (Å²) in [5.74, 6) is -3.61. The fourth-order valence-electron chi connectivity index (χ4n) is 1.03. The summed E-state index contributed by atoms with van der Waals surface area (Å²) in [6.07, 6.45) is 1.47. The van der Waals surface area contributed by atoms with E-state index in [-0.39, 0.29) is 6.61 Å². The highest BCUT2D eigenvalue weighted by atomic mass is 16.5. The number of hydrogen-bond donors (Lipinski definition) is 2. The van der Waals surface area contributed by atoms with Crippen molar-refractivity contribution in [2.24, 2.45) is 5.92 Å². The molecular formula is C9H14O5. The zero-order valence-electron chi connectivity index (χ0n) is 8.14. The highest BCUT2D eigenvalue weighted by molar-refractivity contribution is 5.83. The maximum Gasteiger partial charge on any atom is 0.334 e. The molecule has 0 aliphatic rings. The minimum atomic E-state index is -1.33. The molecule has 0 aliphatic carbocycles. The molecule has 0 spiro atoms. The molecule has 0 bridgehead atoms. The predicted octanol–water partition coefficient (Wildman–Crippen LogP) is 0.753. The Morgan fingerprint density at radius 3 is 2.21 bits per heavy atom. The SMILES string of the molecule is CC=C[C@@H](C(=O)O)[C@H](OCC)C(=O)O. The van der Waals surface area contributed by atoms with Gasteiger partial charge in [-0.15, -0.1) is 0 Å². The van der Waals surface area contributed by atoms with Gasteiger partial charge in [0, 0.05) is 6.61 Å². The van der Waals surface area contributed by atoms with Gasteiger partial charge in [0.1, 0.15) is 5.92 Å². The van der Waals surface area contributed by atoms with Gasteiger partial charge in [0.05, 0.1) is 0 Å². The monoisotopic (exact) mass is 202 g/mol. The molecule has 2 atom stereocenters. The van der Waals surface area contributed by atoms with E-state index in [2.05, 4.69) is 0 Å². The van der Waals surface area contributed by atoms with Crippen molar-refractivity contribution < 1.29 is 24.5 Å². The summed E-state index contributed by atoms with van der Waals surface area (Å²) >= 11 is 0. The van der Waals surface area contributed by atoms with Crippen molar-refractivity contribution in [3.63, 3.8) is 0 Å². The number of hydrogen-bond acceptors (Lipinski definition) is 3. The summed E-state index contributed by atoms with van der Waals surface area (Å²) in [6.45, 7) is 3.41. The minimum Gasteiger partial charge on any atom is -0.481 e. The van der Waals surface area contributed by atoms with Gasteiger partial charge in [-0.25, -0.2) is 4.79 Å². The zero-order chi connectivity index (χ0) is 11.1. The van der Waals surface area contributed by atoms with Crippen LogP contribution in [0.2, 0.25) is 0 Å². The Hall–Kier alpha value is -1.36. The van der Waals surface area contributed by atoms with Gasteiger partial charge in [-0.1, -0.05) is 12.2 Å². The van der Waals surface area contributed by atoms with Crippen molar-refractivity contribution in [2.75, 3.05) is 6.61 Å². The van der Waals surface area contributed by atoms with Crippen LogP contribution in [0.1, 0.15) is 13.8 Å². The molecule has 14 heavy (non-hydrogen) atoms. The molecule has 0 unspecified atom stereocenters. The molecule has 0 heterocycles. The van der Waals surface area contributed by atoms with Crippen LogP contribution < -0.4 is 0 Å². The smallest absolute Gasteiger partial charge is 0.334 e. The first-order valence-corrected chi connectivity index (χ1v) is 4.24.